The molecular formula is C11H20N2O6S. The number of hydrogen-bond donors (Lipinski definition) is 2. The molecule has 20 heavy (non-hydrogen) atoms. The van der Waals surface area contributed by atoms with E-state index in [1.54, 1.807) is 13.8 Å². The van der Waals surface area contributed by atoms with Crippen LogP contribution >= 0.6 is 0 Å². The standard InChI is InChI=1S/C11H20N2O6S/c1-7-4-12(5-8(2)19-7)20(17,18)13-6-9(14)3-10(13)11(15)16/h7-10,14H,3-6H2,1-2H3,(H,15,16)/t7?,8?,9-,10+/m1/s1. The molecule has 2 rings (SSSR count). The highest BCUT2D eigenvalue weighted by Gasteiger charge is 2.46. The Morgan fingerprint density at radius 1 is 1.20 bits per heavy atom. The molecule has 2 saturated heterocycles. The van der Waals surface area contributed by atoms with E-state index in [-0.39, 0.29) is 38.3 Å². The fraction of sp³-hybridized carbons (Fsp3) is 0.909. The van der Waals surface area contributed by atoms with Crippen LogP contribution in [0.15, 0.2) is 0 Å². The zero-order valence-electron chi connectivity index (χ0n) is 11.5. The van der Waals surface area contributed by atoms with E-state index in [1.807, 2.05) is 0 Å². The van der Waals surface area contributed by atoms with Gasteiger partial charge < -0.3 is 14.9 Å². The summed E-state index contributed by atoms with van der Waals surface area (Å²) < 4.78 is 32.7. The minimum atomic E-state index is -3.91. The van der Waals surface area contributed by atoms with Crippen molar-refractivity contribution < 1.29 is 28.2 Å². The second kappa shape index (κ2) is 5.57. The van der Waals surface area contributed by atoms with Gasteiger partial charge in [-0.1, -0.05) is 0 Å². The molecule has 0 radical (unpaired) electrons. The molecule has 2 aliphatic heterocycles. The minimum Gasteiger partial charge on any atom is -0.480 e. The molecule has 2 N–H and O–H groups in total. The van der Waals surface area contributed by atoms with Crippen molar-refractivity contribution in [3.05, 3.63) is 0 Å². The number of β-amino-alcohol motifs (C(OH)–C–C–N with tert-alkyl or cyclic N) is 1. The summed E-state index contributed by atoms with van der Waals surface area (Å²) in [5.74, 6) is -1.24. The van der Waals surface area contributed by atoms with Crippen LogP contribution in [0.5, 0.6) is 0 Å². The summed E-state index contributed by atoms with van der Waals surface area (Å²) in [5, 5.41) is 18.7. The van der Waals surface area contributed by atoms with Gasteiger partial charge in [0.1, 0.15) is 6.04 Å². The van der Waals surface area contributed by atoms with Crippen molar-refractivity contribution in [1.82, 2.24) is 8.61 Å². The van der Waals surface area contributed by atoms with E-state index in [0.717, 1.165) is 4.31 Å². The van der Waals surface area contributed by atoms with Crippen LogP contribution in [0.3, 0.4) is 0 Å². The molecule has 0 aromatic heterocycles. The van der Waals surface area contributed by atoms with E-state index in [1.165, 1.54) is 4.31 Å². The van der Waals surface area contributed by atoms with Gasteiger partial charge in [-0.3, -0.25) is 4.79 Å². The number of aliphatic hydroxyl groups is 1. The molecule has 9 heteroatoms. The highest BCUT2D eigenvalue weighted by atomic mass is 32.2. The number of rotatable bonds is 3. The molecule has 0 aromatic rings. The number of nitrogens with zero attached hydrogens (tertiary/aromatic N) is 2. The molecule has 4 atom stereocenters. The van der Waals surface area contributed by atoms with Gasteiger partial charge in [-0.2, -0.15) is 17.0 Å². The fourth-order valence-electron chi connectivity index (χ4n) is 2.73. The van der Waals surface area contributed by atoms with Crippen LogP contribution in [0, 0.1) is 0 Å². The van der Waals surface area contributed by atoms with Gasteiger partial charge in [-0.05, 0) is 13.8 Å². The number of carbonyl (C=O) groups is 1. The second-order valence-electron chi connectivity index (χ2n) is 5.40. The monoisotopic (exact) mass is 308 g/mol. The predicted octanol–water partition coefficient (Wildman–Crippen LogP) is -1.14. The first kappa shape index (κ1) is 15.6. The lowest BCUT2D eigenvalue weighted by Gasteiger charge is -2.37. The number of ether oxygens (including phenoxy) is 1. The lowest BCUT2D eigenvalue weighted by molar-refractivity contribution is -0.140. The maximum atomic E-state index is 12.6. The first-order chi connectivity index (χ1) is 9.21. The quantitative estimate of drug-likeness (QED) is 0.682. The van der Waals surface area contributed by atoms with Crippen molar-refractivity contribution in [2.45, 2.75) is 44.6 Å². The highest BCUT2D eigenvalue weighted by molar-refractivity contribution is 7.86. The summed E-state index contributed by atoms with van der Waals surface area (Å²) in [6.45, 7) is 3.73. The van der Waals surface area contributed by atoms with Gasteiger partial charge >= 0.3 is 5.97 Å². The van der Waals surface area contributed by atoms with Crippen LogP contribution in [0.2, 0.25) is 0 Å². The molecule has 116 valence electrons. The predicted molar refractivity (Wildman–Crippen MR) is 69.3 cm³/mol. The van der Waals surface area contributed by atoms with Gasteiger partial charge in [-0.15, -0.1) is 0 Å². The third-order valence-corrected chi connectivity index (χ3v) is 5.47. The molecule has 2 aliphatic rings. The molecule has 2 unspecified atom stereocenters. The Bertz CT molecular complexity index is 471. The molecular weight excluding hydrogens is 288 g/mol. The molecule has 0 aliphatic carbocycles. The molecule has 2 fully saturated rings. The summed E-state index contributed by atoms with van der Waals surface area (Å²) in [7, 11) is -3.91. The van der Waals surface area contributed by atoms with Crippen LogP contribution < -0.4 is 0 Å². The van der Waals surface area contributed by atoms with Gasteiger partial charge in [-0.25, -0.2) is 0 Å². The van der Waals surface area contributed by atoms with E-state index in [2.05, 4.69) is 0 Å². The van der Waals surface area contributed by atoms with Crippen molar-refractivity contribution in [1.29, 1.82) is 0 Å². The molecule has 0 aromatic carbocycles. The topological polar surface area (TPSA) is 107 Å². The minimum absolute atomic E-state index is 0.0794. The van der Waals surface area contributed by atoms with Crippen molar-refractivity contribution in [2.24, 2.45) is 0 Å². The van der Waals surface area contributed by atoms with Crippen LogP contribution in [0.4, 0.5) is 0 Å². The first-order valence-electron chi connectivity index (χ1n) is 6.55. The van der Waals surface area contributed by atoms with Gasteiger partial charge in [0.25, 0.3) is 10.2 Å². The molecule has 0 amide bonds. The summed E-state index contributed by atoms with van der Waals surface area (Å²) in [4.78, 5) is 11.2. The third kappa shape index (κ3) is 2.96. The zero-order chi connectivity index (χ0) is 15.1. The molecule has 2 heterocycles. The van der Waals surface area contributed by atoms with Gasteiger partial charge in [0, 0.05) is 26.1 Å². The number of carboxylic acids is 1. The Balaban J connectivity index is 2.23. The SMILES string of the molecule is CC1CN(S(=O)(=O)N2C[C@H](O)C[C@H]2C(=O)O)CC(C)O1. The number of aliphatic carboxylic acids is 1. The smallest absolute Gasteiger partial charge is 0.322 e. The lowest BCUT2D eigenvalue weighted by atomic mass is 10.2. The molecule has 8 nitrogen and oxygen atoms in total. The maximum Gasteiger partial charge on any atom is 0.322 e. The van der Waals surface area contributed by atoms with E-state index < -0.39 is 28.3 Å². The number of aliphatic hydroxyl groups excluding tert-OH is 1. The first-order valence-corrected chi connectivity index (χ1v) is 7.94. The van der Waals surface area contributed by atoms with Gasteiger partial charge in [0.2, 0.25) is 0 Å². The summed E-state index contributed by atoms with van der Waals surface area (Å²) in [6, 6.07) is -1.21. The summed E-state index contributed by atoms with van der Waals surface area (Å²) in [5.41, 5.74) is 0. The number of hydrogen-bond acceptors (Lipinski definition) is 5. The summed E-state index contributed by atoms with van der Waals surface area (Å²) in [6.07, 6.45) is -1.51. The Kier molecular flexibility index (Phi) is 4.35. The van der Waals surface area contributed by atoms with E-state index in [9.17, 15) is 18.3 Å². The number of morpholine rings is 1. The van der Waals surface area contributed by atoms with Crippen molar-refractivity contribution in [2.75, 3.05) is 19.6 Å². The van der Waals surface area contributed by atoms with Crippen LogP contribution in [-0.2, 0) is 19.7 Å². The van der Waals surface area contributed by atoms with Crippen molar-refractivity contribution in [3.63, 3.8) is 0 Å². The third-order valence-electron chi connectivity index (χ3n) is 3.53. The summed E-state index contributed by atoms with van der Waals surface area (Å²) >= 11 is 0. The van der Waals surface area contributed by atoms with Crippen LogP contribution in [0.1, 0.15) is 20.3 Å². The average Bonchev–Trinajstić information content (AvgIpc) is 2.71. The van der Waals surface area contributed by atoms with Crippen LogP contribution in [0.25, 0.3) is 0 Å². The largest absolute Gasteiger partial charge is 0.480 e. The van der Waals surface area contributed by atoms with Crippen molar-refractivity contribution in [3.8, 4) is 0 Å². The zero-order valence-corrected chi connectivity index (χ0v) is 12.3. The number of carboxylic acid groups (broad SMARTS) is 1. The molecule has 0 bridgehead atoms. The van der Waals surface area contributed by atoms with Gasteiger partial charge in [0.05, 0.1) is 18.3 Å². The van der Waals surface area contributed by atoms with E-state index in [0.29, 0.717) is 0 Å². The average molecular weight is 308 g/mol. The Labute approximate surface area is 118 Å². The van der Waals surface area contributed by atoms with Crippen molar-refractivity contribution >= 4 is 16.2 Å². The Morgan fingerprint density at radius 2 is 1.75 bits per heavy atom. The van der Waals surface area contributed by atoms with E-state index in [4.69, 9.17) is 9.84 Å². The molecule has 0 saturated carbocycles. The van der Waals surface area contributed by atoms with Gasteiger partial charge in [0.15, 0.2) is 0 Å². The highest BCUT2D eigenvalue weighted by Crippen LogP contribution is 2.26. The Hall–Kier alpha value is -0.740. The normalized spacial score (nSPS) is 37.1. The maximum absolute atomic E-state index is 12.6. The Morgan fingerprint density at radius 3 is 2.25 bits per heavy atom. The second-order valence-corrected chi connectivity index (χ2v) is 7.28. The van der Waals surface area contributed by atoms with Crippen LogP contribution in [-0.4, -0.2) is 77.2 Å². The molecule has 0 spiro atoms. The lowest BCUT2D eigenvalue weighted by Crippen LogP contribution is -2.55. The fourth-order valence-corrected chi connectivity index (χ4v) is 4.68. The van der Waals surface area contributed by atoms with E-state index >= 15 is 0 Å².